The molecule has 1 heterocycles. The van der Waals surface area contributed by atoms with Crippen molar-refractivity contribution in [2.24, 2.45) is 5.92 Å². The fraction of sp³-hybridized carbons (Fsp3) is 0.533. The zero-order chi connectivity index (χ0) is 16.3. The Balaban J connectivity index is 2.10. The Kier molecular flexibility index (Phi) is 5.47. The van der Waals surface area contributed by atoms with Crippen LogP contribution in [0.2, 0.25) is 0 Å². The van der Waals surface area contributed by atoms with Crippen molar-refractivity contribution in [2.75, 3.05) is 18.4 Å². The summed E-state index contributed by atoms with van der Waals surface area (Å²) in [5.74, 6) is 0.254. The number of amides is 1. The first-order chi connectivity index (χ1) is 10.3. The van der Waals surface area contributed by atoms with Crippen LogP contribution >= 0.6 is 11.6 Å². The van der Waals surface area contributed by atoms with Gasteiger partial charge in [-0.05, 0) is 49.9 Å². The summed E-state index contributed by atoms with van der Waals surface area (Å²) in [6.45, 7) is 4.84. The van der Waals surface area contributed by atoms with Gasteiger partial charge in [-0.1, -0.05) is 6.92 Å². The van der Waals surface area contributed by atoms with Crippen molar-refractivity contribution in [3.63, 3.8) is 0 Å². The number of rotatable bonds is 4. The van der Waals surface area contributed by atoms with E-state index in [0.717, 1.165) is 12.8 Å². The monoisotopic (exact) mass is 344 g/mol. The molecule has 1 fully saturated rings. The molecule has 0 aliphatic carbocycles. The van der Waals surface area contributed by atoms with E-state index < -0.39 is 15.4 Å². The average Bonchev–Trinajstić information content (AvgIpc) is 2.48. The summed E-state index contributed by atoms with van der Waals surface area (Å²) in [5.41, 5.74) is 0.531. The van der Waals surface area contributed by atoms with Crippen LogP contribution < -0.4 is 5.32 Å². The van der Waals surface area contributed by atoms with Crippen molar-refractivity contribution in [2.45, 2.75) is 37.0 Å². The van der Waals surface area contributed by atoms with Gasteiger partial charge in [-0.25, -0.2) is 8.42 Å². The Morgan fingerprint density at radius 1 is 1.27 bits per heavy atom. The highest BCUT2D eigenvalue weighted by Gasteiger charge is 2.27. The van der Waals surface area contributed by atoms with Crippen LogP contribution in [0.5, 0.6) is 0 Å². The highest BCUT2D eigenvalue weighted by molar-refractivity contribution is 7.89. The molecular formula is C15H21ClN2O3S. The van der Waals surface area contributed by atoms with Gasteiger partial charge in [-0.3, -0.25) is 4.79 Å². The van der Waals surface area contributed by atoms with Crippen molar-refractivity contribution < 1.29 is 13.2 Å². The molecule has 1 amide bonds. The molecule has 2 rings (SSSR count). The molecule has 22 heavy (non-hydrogen) atoms. The molecule has 7 heteroatoms. The second kappa shape index (κ2) is 6.98. The van der Waals surface area contributed by atoms with Crippen LogP contribution in [-0.2, 0) is 14.8 Å². The summed E-state index contributed by atoms with van der Waals surface area (Å²) < 4.78 is 26.6. The van der Waals surface area contributed by atoms with E-state index in [1.807, 2.05) is 0 Å². The zero-order valence-electron chi connectivity index (χ0n) is 12.8. The van der Waals surface area contributed by atoms with E-state index in [9.17, 15) is 13.2 Å². The first-order valence-electron chi connectivity index (χ1n) is 7.36. The number of alkyl halides is 1. The maximum atomic E-state index is 12.6. The number of halogens is 1. The number of hydrogen-bond acceptors (Lipinski definition) is 3. The standard InChI is InChI=1S/C15H21ClN2O3S/c1-11-7-9-18(10-8-11)22(20,21)14-5-3-13(4-6-14)17-15(19)12(2)16/h3-6,11-12H,7-10H2,1-2H3,(H,17,19)/t12-/m0/s1. The third-order valence-electron chi connectivity index (χ3n) is 3.86. The molecular weight excluding hydrogens is 324 g/mol. The first kappa shape index (κ1) is 17.2. The van der Waals surface area contributed by atoms with Crippen LogP contribution in [-0.4, -0.2) is 37.1 Å². The second-order valence-electron chi connectivity index (χ2n) is 5.72. The lowest BCUT2D eigenvalue weighted by atomic mass is 10.0. The third kappa shape index (κ3) is 4.00. The maximum absolute atomic E-state index is 12.6. The summed E-state index contributed by atoms with van der Waals surface area (Å²) in [5, 5.41) is 1.99. The molecule has 1 aromatic rings. The molecule has 1 saturated heterocycles. The lowest BCUT2D eigenvalue weighted by Crippen LogP contribution is -2.37. The van der Waals surface area contributed by atoms with E-state index in [4.69, 9.17) is 11.6 Å². The molecule has 5 nitrogen and oxygen atoms in total. The topological polar surface area (TPSA) is 66.5 Å². The molecule has 122 valence electrons. The fourth-order valence-electron chi connectivity index (χ4n) is 2.33. The summed E-state index contributed by atoms with van der Waals surface area (Å²) in [6.07, 6.45) is 1.78. The quantitative estimate of drug-likeness (QED) is 0.854. The third-order valence-corrected chi connectivity index (χ3v) is 5.97. The largest absolute Gasteiger partial charge is 0.325 e. The SMILES string of the molecule is CC1CCN(S(=O)(=O)c2ccc(NC(=O)[C@H](C)Cl)cc2)CC1. The fourth-order valence-corrected chi connectivity index (χ4v) is 3.85. The molecule has 1 atom stereocenters. The first-order valence-corrected chi connectivity index (χ1v) is 9.23. The van der Waals surface area contributed by atoms with Gasteiger partial charge in [0.1, 0.15) is 5.38 Å². The van der Waals surface area contributed by atoms with Crippen molar-refractivity contribution in [3.8, 4) is 0 Å². The van der Waals surface area contributed by atoms with E-state index >= 15 is 0 Å². The van der Waals surface area contributed by atoms with Gasteiger partial charge in [-0.2, -0.15) is 4.31 Å². The summed E-state index contributed by atoms with van der Waals surface area (Å²) in [7, 11) is -3.45. The van der Waals surface area contributed by atoms with Crippen molar-refractivity contribution in [1.29, 1.82) is 0 Å². The Morgan fingerprint density at radius 2 is 1.82 bits per heavy atom. The van der Waals surface area contributed by atoms with Crippen molar-refractivity contribution in [1.82, 2.24) is 4.31 Å². The molecule has 0 saturated carbocycles. The minimum atomic E-state index is -3.45. The Morgan fingerprint density at radius 3 is 2.32 bits per heavy atom. The average molecular weight is 345 g/mol. The minimum Gasteiger partial charge on any atom is -0.325 e. The highest BCUT2D eigenvalue weighted by Crippen LogP contribution is 2.24. The molecule has 1 N–H and O–H groups in total. The van der Waals surface area contributed by atoms with Crippen LogP contribution in [0.15, 0.2) is 29.2 Å². The van der Waals surface area contributed by atoms with Gasteiger partial charge in [0.25, 0.3) is 0 Å². The molecule has 1 aliphatic rings. The molecule has 1 aromatic carbocycles. The van der Waals surface area contributed by atoms with Crippen LogP contribution in [0.3, 0.4) is 0 Å². The van der Waals surface area contributed by atoms with Gasteiger partial charge in [0.15, 0.2) is 0 Å². The number of carbonyl (C=O) groups is 1. The smallest absolute Gasteiger partial charge is 0.243 e. The number of sulfonamides is 1. The Labute approximate surface area is 136 Å². The highest BCUT2D eigenvalue weighted by atomic mass is 35.5. The van der Waals surface area contributed by atoms with E-state index in [1.165, 1.54) is 16.4 Å². The number of hydrogen-bond donors (Lipinski definition) is 1. The van der Waals surface area contributed by atoms with E-state index in [0.29, 0.717) is 24.7 Å². The number of anilines is 1. The zero-order valence-corrected chi connectivity index (χ0v) is 14.3. The second-order valence-corrected chi connectivity index (χ2v) is 8.31. The van der Waals surface area contributed by atoms with E-state index in [2.05, 4.69) is 12.2 Å². The molecule has 0 radical (unpaired) electrons. The van der Waals surface area contributed by atoms with Gasteiger partial charge in [-0.15, -0.1) is 11.6 Å². The van der Waals surface area contributed by atoms with E-state index in [1.54, 1.807) is 19.1 Å². The predicted molar refractivity (Wildman–Crippen MR) is 87.5 cm³/mol. The lowest BCUT2D eigenvalue weighted by molar-refractivity contribution is -0.115. The number of carbonyl (C=O) groups excluding carboxylic acids is 1. The van der Waals surface area contributed by atoms with Crippen LogP contribution in [0, 0.1) is 5.92 Å². The van der Waals surface area contributed by atoms with Gasteiger partial charge in [0, 0.05) is 18.8 Å². The van der Waals surface area contributed by atoms with Crippen LogP contribution in [0.1, 0.15) is 26.7 Å². The summed E-state index contributed by atoms with van der Waals surface area (Å²) >= 11 is 5.68. The van der Waals surface area contributed by atoms with Crippen molar-refractivity contribution in [3.05, 3.63) is 24.3 Å². The van der Waals surface area contributed by atoms with Crippen LogP contribution in [0.4, 0.5) is 5.69 Å². The molecule has 1 aliphatic heterocycles. The molecule has 0 aromatic heterocycles. The lowest BCUT2D eigenvalue weighted by Gasteiger charge is -2.29. The van der Waals surface area contributed by atoms with Gasteiger partial charge in [0.2, 0.25) is 15.9 Å². The molecule has 0 bridgehead atoms. The number of nitrogens with one attached hydrogen (secondary N) is 1. The number of piperidine rings is 1. The molecule has 0 spiro atoms. The number of benzene rings is 1. The Bertz CT molecular complexity index is 621. The normalized spacial score (nSPS) is 18.9. The minimum absolute atomic E-state index is 0.249. The van der Waals surface area contributed by atoms with Crippen molar-refractivity contribution >= 4 is 33.2 Å². The van der Waals surface area contributed by atoms with E-state index in [-0.39, 0.29) is 10.8 Å². The van der Waals surface area contributed by atoms with Crippen LogP contribution in [0.25, 0.3) is 0 Å². The predicted octanol–water partition coefficient (Wildman–Crippen LogP) is 2.67. The molecule has 0 unspecified atom stereocenters. The summed E-state index contributed by atoms with van der Waals surface area (Å²) in [6, 6.07) is 6.19. The maximum Gasteiger partial charge on any atom is 0.243 e. The number of nitrogens with zero attached hydrogens (tertiary/aromatic N) is 1. The Hall–Kier alpha value is -1.11. The van der Waals surface area contributed by atoms with Gasteiger partial charge >= 0.3 is 0 Å². The van der Waals surface area contributed by atoms with Gasteiger partial charge in [0.05, 0.1) is 4.90 Å². The van der Waals surface area contributed by atoms with Gasteiger partial charge < -0.3 is 5.32 Å². The summed E-state index contributed by atoms with van der Waals surface area (Å²) in [4.78, 5) is 11.8.